The summed E-state index contributed by atoms with van der Waals surface area (Å²) in [6.45, 7) is -0.464. The molecule has 19 heavy (non-hydrogen) atoms. The number of hydrogen-bond donors (Lipinski definition) is 1. The Morgan fingerprint density at radius 2 is 1.84 bits per heavy atom. The monoisotopic (exact) mass is 268 g/mol. The number of carbonyl (C=O) groups excluding carboxylic acids is 3. The van der Waals surface area contributed by atoms with E-state index in [9.17, 15) is 23.2 Å². The summed E-state index contributed by atoms with van der Waals surface area (Å²) in [5.41, 5.74) is -0.203. The highest BCUT2D eigenvalue weighted by atomic mass is 19.1. The number of anilines is 1. The molecule has 1 heterocycles. The van der Waals surface area contributed by atoms with E-state index >= 15 is 0 Å². The molecule has 1 saturated heterocycles. The number of hydrogen-bond acceptors (Lipinski definition) is 3. The molecule has 2 rings (SSSR count). The van der Waals surface area contributed by atoms with Gasteiger partial charge in [0.15, 0.2) is 0 Å². The first-order valence-corrected chi connectivity index (χ1v) is 5.55. The van der Waals surface area contributed by atoms with Gasteiger partial charge >= 0.3 is 0 Å². The molecule has 1 fully saturated rings. The van der Waals surface area contributed by atoms with Gasteiger partial charge in [-0.25, -0.2) is 8.78 Å². The molecule has 0 aliphatic carbocycles. The summed E-state index contributed by atoms with van der Waals surface area (Å²) in [7, 11) is 0. The maximum absolute atomic E-state index is 13.3. The summed E-state index contributed by atoms with van der Waals surface area (Å²) in [5.74, 6) is -3.26. The van der Waals surface area contributed by atoms with E-state index in [2.05, 4.69) is 5.32 Å². The number of likely N-dealkylation sites (tertiary alicyclic amines) is 1. The zero-order valence-corrected chi connectivity index (χ0v) is 9.78. The number of rotatable bonds is 3. The van der Waals surface area contributed by atoms with Gasteiger partial charge in [-0.2, -0.15) is 0 Å². The average molecular weight is 268 g/mol. The minimum atomic E-state index is -0.924. The highest BCUT2D eigenvalue weighted by molar-refractivity contribution is 6.06. The molecule has 1 aliphatic heterocycles. The molecule has 0 aromatic heterocycles. The van der Waals surface area contributed by atoms with Crippen LogP contribution < -0.4 is 5.32 Å². The molecule has 0 bridgehead atoms. The molecule has 0 atom stereocenters. The quantitative estimate of drug-likeness (QED) is 0.833. The molecule has 0 radical (unpaired) electrons. The zero-order valence-electron chi connectivity index (χ0n) is 9.78. The number of carbonyl (C=O) groups is 3. The van der Waals surface area contributed by atoms with Gasteiger partial charge in [0, 0.05) is 18.9 Å². The predicted octanol–water partition coefficient (Wildman–Crippen LogP) is 1.05. The number of benzene rings is 1. The van der Waals surface area contributed by atoms with Crippen molar-refractivity contribution in [3.63, 3.8) is 0 Å². The Balaban J connectivity index is 2.01. The maximum Gasteiger partial charge on any atom is 0.244 e. The first kappa shape index (κ1) is 13.1. The Kier molecular flexibility index (Phi) is 3.55. The van der Waals surface area contributed by atoms with Crippen LogP contribution in [0, 0.1) is 11.6 Å². The highest BCUT2D eigenvalue weighted by Crippen LogP contribution is 2.16. The van der Waals surface area contributed by atoms with Crippen molar-refractivity contribution in [3.8, 4) is 0 Å². The fraction of sp³-hybridized carbons (Fsp3) is 0.250. The smallest absolute Gasteiger partial charge is 0.244 e. The van der Waals surface area contributed by atoms with Crippen LogP contribution in [0.1, 0.15) is 12.8 Å². The molecular formula is C12H10F2N2O3. The van der Waals surface area contributed by atoms with Gasteiger partial charge < -0.3 is 5.32 Å². The summed E-state index contributed by atoms with van der Waals surface area (Å²) < 4.78 is 25.9. The molecule has 0 unspecified atom stereocenters. The second-order valence-electron chi connectivity index (χ2n) is 4.05. The van der Waals surface area contributed by atoms with Crippen molar-refractivity contribution in [3.05, 3.63) is 29.8 Å². The SMILES string of the molecule is O=C(CN1C(=O)CCC1=O)Nc1ccc(F)cc1F. The first-order valence-electron chi connectivity index (χ1n) is 5.55. The van der Waals surface area contributed by atoms with E-state index in [1.807, 2.05) is 0 Å². The van der Waals surface area contributed by atoms with Crippen molar-refractivity contribution in [1.82, 2.24) is 4.90 Å². The van der Waals surface area contributed by atoms with Crippen LogP contribution in [0.5, 0.6) is 0 Å². The lowest BCUT2D eigenvalue weighted by Gasteiger charge is -2.13. The second kappa shape index (κ2) is 5.13. The third-order valence-electron chi connectivity index (χ3n) is 2.66. The fourth-order valence-electron chi connectivity index (χ4n) is 1.72. The van der Waals surface area contributed by atoms with E-state index < -0.39 is 35.9 Å². The van der Waals surface area contributed by atoms with E-state index in [1.165, 1.54) is 0 Å². The number of imide groups is 1. The number of halogens is 2. The molecule has 1 aromatic carbocycles. The van der Waals surface area contributed by atoms with Crippen molar-refractivity contribution in [2.24, 2.45) is 0 Å². The molecule has 7 heteroatoms. The Bertz CT molecular complexity index is 544. The minimum Gasteiger partial charge on any atom is -0.322 e. The summed E-state index contributed by atoms with van der Waals surface area (Å²) in [4.78, 5) is 35.0. The van der Waals surface area contributed by atoms with E-state index in [1.54, 1.807) is 0 Å². The largest absolute Gasteiger partial charge is 0.322 e. The molecule has 100 valence electrons. The van der Waals surface area contributed by atoms with E-state index in [0.29, 0.717) is 6.07 Å². The van der Waals surface area contributed by atoms with Gasteiger partial charge in [-0.3, -0.25) is 19.3 Å². The van der Waals surface area contributed by atoms with Crippen LogP contribution in [-0.2, 0) is 14.4 Å². The van der Waals surface area contributed by atoms with Gasteiger partial charge in [-0.15, -0.1) is 0 Å². The third kappa shape index (κ3) is 2.93. The fourth-order valence-corrected chi connectivity index (χ4v) is 1.72. The second-order valence-corrected chi connectivity index (χ2v) is 4.05. The van der Waals surface area contributed by atoms with Crippen LogP contribution in [-0.4, -0.2) is 29.2 Å². The first-order chi connectivity index (χ1) is 8.97. The lowest BCUT2D eigenvalue weighted by Crippen LogP contribution is -2.37. The number of nitrogens with zero attached hydrogens (tertiary/aromatic N) is 1. The Morgan fingerprint density at radius 1 is 1.21 bits per heavy atom. The van der Waals surface area contributed by atoms with Gasteiger partial charge in [0.25, 0.3) is 0 Å². The Hall–Kier alpha value is -2.31. The zero-order chi connectivity index (χ0) is 14.0. The third-order valence-corrected chi connectivity index (χ3v) is 2.66. The lowest BCUT2D eigenvalue weighted by atomic mass is 10.3. The topological polar surface area (TPSA) is 66.5 Å². The van der Waals surface area contributed by atoms with Crippen molar-refractivity contribution in [1.29, 1.82) is 0 Å². The van der Waals surface area contributed by atoms with E-state index in [0.717, 1.165) is 17.0 Å². The molecular weight excluding hydrogens is 258 g/mol. The van der Waals surface area contributed by atoms with Crippen LogP contribution in [0.3, 0.4) is 0 Å². The van der Waals surface area contributed by atoms with Crippen LogP contribution >= 0.6 is 0 Å². The van der Waals surface area contributed by atoms with Gasteiger partial charge in [-0.05, 0) is 12.1 Å². The van der Waals surface area contributed by atoms with Crippen LogP contribution in [0.4, 0.5) is 14.5 Å². The molecule has 1 aliphatic rings. The molecule has 3 amide bonds. The summed E-state index contributed by atoms with van der Waals surface area (Å²) in [5, 5.41) is 2.18. The van der Waals surface area contributed by atoms with Gasteiger partial charge in [0.05, 0.1) is 5.69 Å². The molecule has 0 spiro atoms. The van der Waals surface area contributed by atoms with Crippen LogP contribution in [0.15, 0.2) is 18.2 Å². The maximum atomic E-state index is 13.3. The predicted molar refractivity (Wildman–Crippen MR) is 60.9 cm³/mol. The average Bonchev–Trinajstić information content (AvgIpc) is 2.65. The van der Waals surface area contributed by atoms with E-state index in [-0.39, 0.29) is 18.5 Å². The molecule has 5 nitrogen and oxygen atoms in total. The highest BCUT2D eigenvalue weighted by Gasteiger charge is 2.30. The Labute approximate surface area is 107 Å². The minimum absolute atomic E-state index is 0.0804. The summed E-state index contributed by atoms with van der Waals surface area (Å²) >= 11 is 0. The van der Waals surface area contributed by atoms with Gasteiger partial charge in [0.1, 0.15) is 18.2 Å². The standard InChI is InChI=1S/C12H10F2N2O3/c13-7-1-2-9(8(14)5-7)15-10(17)6-16-11(18)3-4-12(16)19/h1-2,5H,3-4,6H2,(H,15,17). The normalized spacial score (nSPS) is 14.9. The van der Waals surface area contributed by atoms with Crippen LogP contribution in [0.25, 0.3) is 0 Å². The van der Waals surface area contributed by atoms with Crippen molar-refractivity contribution < 1.29 is 23.2 Å². The van der Waals surface area contributed by atoms with Gasteiger partial charge in [0.2, 0.25) is 17.7 Å². The van der Waals surface area contributed by atoms with Crippen molar-refractivity contribution >= 4 is 23.4 Å². The molecule has 0 saturated carbocycles. The number of amides is 3. The van der Waals surface area contributed by atoms with Crippen LogP contribution in [0.2, 0.25) is 0 Å². The number of nitrogens with one attached hydrogen (secondary N) is 1. The van der Waals surface area contributed by atoms with Gasteiger partial charge in [-0.1, -0.05) is 0 Å². The van der Waals surface area contributed by atoms with Crippen molar-refractivity contribution in [2.75, 3.05) is 11.9 Å². The summed E-state index contributed by atoms with van der Waals surface area (Å²) in [6, 6.07) is 2.68. The Morgan fingerprint density at radius 3 is 2.42 bits per heavy atom. The van der Waals surface area contributed by atoms with Crippen molar-refractivity contribution in [2.45, 2.75) is 12.8 Å². The lowest BCUT2D eigenvalue weighted by molar-refractivity contribution is -0.141. The molecule has 1 aromatic rings. The van der Waals surface area contributed by atoms with E-state index in [4.69, 9.17) is 0 Å². The summed E-state index contributed by atoms with van der Waals surface area (Å²) in [6.07, 6.45) is 0.161. The molecule has 1 N–H and O–H groups in total.